The lowest BCUT2D eigenvalue weighted by Gasteiger charge is -2.26. The molecule has 0 heterocycles. The molecule has 1 aliphatic carbocycles. The molecule has 0 spiro atoms. The minimum absolute atomic E-state index is 0.174. The molecule has 2 rings (SSSR count). The predicted octanol–water partition coefficient (Wildman–Crippen LogP) is 6.16. The highest BCUT2D eigenvalue weighted by Crippen LogP contribution is 2.30. The van der Waals surface area contributed by atoms with E-state index in [4.69, 9.17) is 9.47 Å². The van der Waals surface area contributed by atoms with Crippen LogP contribution >= 0.6 is 0 Å². The average molecular weight is 319 g/mol. The van der Waals surface area contributed by atoms with Crippen molar-refractivity contribution in [2.45, 2.75) is 78.4 Å². The minimum atomic E-state index is -0.174. The Bertz CT molecular complexity index is 432. The lowest BCUT2D eigenvalue weighted by atomic mass is 9.82. The Labute approximate surface area is 142 Å². The quantitative estimate of drug-likeness (QED) is 0.534. The standard InChI is InChI=1S/C21H34O2/c1-5-17(3)20-10-12-21(13-11-20)23-18(4)22-15-14-19-8-6-16(2)7-9-19/h10-13,16-19H,5-9,14-15H2,1-4H3. The summed E-state index contributed by atoms with van der Waals surface area (Å²) in [5.74, 6) is 3.29. The molecule has 1 saturated carbocycles. The second-order valence-electron chi connectivity index (χ2n) is 7.35. The second-order valence-corrected chi connectivity index (χ2v) is 7.35. The van der Waals surface area contributed by atoms with Crippen LogP contribution < -0.4 is 4.74 Å². The fourth-order valence-corrected chi connectivity index (χ4v) is 3.35. The van der Waals surface area contributed by atoms with Gasteiger partial charge in [0.25, 0.3) is 0 Å². The molecule has 2 unspecified atom stereocenters. The molecule has 0 N–H and O–H groups in total. The molecule has 0 aliphatic heterocycles. The molecular weight excluding hydrogens is 284 g/mol. The number of rotatable bonds is 8. The fourth-order valence-electron chi connectivity index (χ4n) is 3.35. The summed E-state index contributed by atoms with van der Waals surface area (Å²) in [6.07, 6.45) is 7.69. The molecule has 0 radical (unpaired) electrons. The van der Waals surface area contributed by atoms with Crippen LogP contribution in [0, 0.1) is 11.8 Å². The molecule has 1 aliphatic rings. The third kappa shape index (κ3) is 6.18. The van der Waals surface area contributed by atoms with Crippen LogP contribution in [-0.4, -0.2) is 12.9 Å². The molecule has 1 aromatic rings. The first-order valence-corrected chi connectivity index (χ1v) is 9.46. The lowest BCUT2D eigenvalue weighted by Crippen LogP contribution is -2.20. The van der Waals surface area contributed by atoms with E-state index in [2.05, 4.69) is 45.0 Å². The summed E-state index contributed by atoms with van der Waals surface area (Å²) >= 11 is 0. The molecule has 2 atom stereocenters. The third-order valence-electron chi connectivity index (χ3n) is 5.38. The molecule has 1 fully saturated rings. The van der Waals surface area contributed by atoms with E-state index in [9.17, 15) is 0 Å². The van der Waals surface area contributed by atoms with Crippen LogP contribution in [0.3, 0.4) is 0 Å². The number of ether oxygens (including phenoxy) is 2. The number of hydrogen-bond donors (Lipinski definition) is 0. The molecule has 0 amide bonds. The molecule has 1 aromatic carbocycles. The first-order valence-electron chi connectivity index (χ1n) is 9.46. The zero-order valence-electron chi connectivity index (χ0n) is 15.4. The summed E-state index contributed by atoms with van der Waals surface area (Å²) in [5, 5.41) is 0. The van der Waals surface area contributed by atoms with Gasteiger partial charge in [0, 0.05) is 0 Å². The largest absolute Gasteiger partial charge is 0.465 e. The first-order chi connectivity index (χ1) is 11.1. The van der Waals surface area contributed by atoms with Crippen molar-refractivity contribution in [3.05, 3.63) is 29.8 Å². The molecular formula is C21H34O2. The Morgan fingerprint density at radius 2 is 1.70 bits per heavy atom. The van der Waals surface area contributed by atoms with E-state index in [0.29, 0.717) is 5.92 Å². The highest BCUT2D eigenvalue weighted by atomic mass is 16.7. The summed E-state index contributed by atoms with van der Waals surface area (Å²) < 4.78 is 11.7. The maximum absolute atomic E-state index is 5.87. The molecule has 0 bridgehead atoms. The van der Waals surface area contributed by atoms with E-state index in [1.54, 1.807) is 0 Å². The topological polar surface area (TPSA) is 18.5 Å². The van der Waals surface area contributed by atoms with Crippen LogP contribution in [-0.2, 0) is 4.74 Å². The maximum atomic E-state index is 5.87. The molecule has 2 heteroatoms. The lowest BCUT2D eigenvalue weighted by molar-refractivity contribution is -0.0714. The fraction of sp³-hybridized carbons (Fsp3) is 0.714. The Kier molecular flexibility index (Phi) is 7.42. The van der Waals surface area contributed by atoms with E-state index >= 15 is 0 Å². The van der Waals surface area contributed by atoms with Gasteiger partial charge in [0.05, 0.1) is 6.61 Å². The Balaban J connectivity index is 1.67. The average Bonchev–Trinajstić information content (AvgIpc) is 2.56. The van der Waals surface area contributed by atoms with Crippen LogP contribution in [0.2, 0.25) is 0 Å². The SMILES string of the molecule is CCC(C)c1ccc(OC(C)OCCC2CCC(C)CC2)cc1. The van der Waals surface area contributed by atoms with Gasteiger partial charge in [0.15, 0.2) is 6.29 Å². The van der Waals surface area contributed by atoms with Gasteiger partial charge >= 0.3 is 0 Å². The zero-order valence-corrected chi connectivity index (χ0v) is 15.4. The maximum Gasteiger partial charge on any atom is 0.196 e. The van der Waals surface area contributed by atoms with Gasteiger partial charge in [0.1, 0.15) is 5.75 Å². The van der Waals surface area contributed by atoms with Gasteiger partial charge in [-0.05, 0) is 55.2 Å². The van der Waals surface area contributed by atoms with Crippen molar-refractivity contribution in [2.24, 2.45) is 11.8 Å². The summed E-state index contributed by atoms with van der Waals surface area (Å²) in [4.78, 5) is 0. The molecule has 0 saturated heterocycles. The third-order valence-corrected chi connectivity index (χ3v) is 5.38. The Hall–Kier alpha value is -1.02. The second kappa shape index (κ2) is 9.32. The Morgan fingerprint density at radius 3 is 2.30 bits per heavy atom. The summed E-state index contributed by atoms with van der Waals surface area (Å²) in [6, 6.07) is 8.45. The first kappa shape index (κ1) is 18.3. The Morgan fingerprint density at radius 1 is 1.04 bits per heavy atom. The van der Waals surface area contributed by atoms with E-state index < -0.39 is 0 Å². The molecule has 23 heavy (non-hydrogen) atoms. The highest BCUT2D eigenvalue weighted by molar-refractivity contribution is 5.29. The highest BCUT2D eigenvalue weighted by Gasteiger charge is 2.18. The van der Waals surface area contributed by atoms with Crippen molar-refractivity contribution >= 4 is 0 Å². The molecule has 130 valence electrons. The van der Waals surface area contributed by atoms with Crippen molar-refractivity contribution < 1.29 is 9.47 Å². The molecule has 0 aromatic heterocycles. The van der Waals surface area contributed by atoms with Gasteiger partial charge in [0.2, 0.25) is 0 Å². The van der Waals surface area contributed by atoms with Crippen molar-refractivity contribution in [1.82, 2.24) is 0 Å². The van der Waals surface area contributed by atoms with E-state index in [0.717, 1.165) is 24.2 Å². The van der Waals surface area contributed by atoms with Crippen LogP contribution in [0.5, 0.6) is 5.75 Å². The van der Waals surface area contributed by atoms with Crippen molar-refractivity contribution in [1.29, 1.82) is 0 Å². The van der Waals surface area contributed by atoms with Crippen LogP contribution in [0.1, 0.15) is 77.7 Å². The smallest absolute Gasteiger partial charge is 0.196 e. The van der Waals surface area contributed by atoms with Crippen LogP contribution in [0.15, 0.2) is 24.3 Å². The summed E-state index contributed by atoms with van der Waals surface area (Å²) in [6.45, 7) is 9.65. The van der Waals surface area contributed by atoms with Gasteiger partial charge in [-0.15, -0.1) is 0 Å². The van der Waals surface area contributed by atoms with Crippen LogP contribution in [0.4, 0.5) is 0 Å². The van der Waals surface area contributed by atoms with Crippen molar-refractivity contribution in [3.63, 3.8) is 0 Å². The van der Waals surface area contributed by atoms with E-state index in [1.165, 1.54) is 44.1 Å². The summed E-state index contributed by atoms with van der Waals surface area (Å²) in [5.41, 5.74) is 1.37. The van der Waals surface area contributed by atoms with E-state index in [-0.39, 0.29) is 6.29 Å². The van der Waals surface area contributed by atoms with Gasteiger partial charge in [-0.1, -0.05) is 58.6 Å². The van der Waals surface area contributed by atoms with Crippen molar-refractivity contribution in [2.75, 3.05) is 6.61 Å². The normalized spacial score (nSPS) is 24.2. The molecule has 2 nitrogen and oxygen atoms in total. The van der Waals surface area contributed by atoms with Crippen molar-refractivity contribution in [3.8, 4) is 5.75 Å². The summed E-state index contributed by atoms with van der Waals surface area (Å²) in [7, 11) is 0. The van der Waals surface area contributed by atoms with Gasteiger partial charge in [-0.3, -0.25) is 0 Å². The minimum Gasteiger partial charge on any atom is -0.465 e. The zero-order chi connectivity index (χ0) is 16.7. The van der Waals surface area contributed by atoms with Crippen LogP contribution in [0.25, 0.3) is 0 Å². The van der Waals surface area contributed by atoms with Gasteiger partial charge < -0.3 is 9.47 Å². The van der Waals surface area contributed by atoms with Gasteiger partial charge in [-0.2, -0.15) is 0 Å². The number of benzene rings is 1. The predicted molar refractivity (Wildman–Crippen MR) is 96.9 cm³/mol. The van der Waals surface area contributed by atoms with Gasteiger partial charge in [-0.25, -0.2) is 0 Å². The monoisotopic (exact) mass is 318 g/mol. The van der Waals surface area contributed by atoms with E-state index in [1.807, 2.05) is 6.92 Å². The number of hydrogen-bond acceptors (Lipinski definition) is 2.